The number of H-pyrrole nitrogens is 1. The Morgan fingerprint density at radius 2 is 2.25 bits per heavy atom. The van der Waals surface area contributed by atoms with Gasteiger partial charge in [0.05, 0.1) is 25.9 Å². The molecule has 0 spiro atoms. The van der Waals surface area contributed by atoms with Gasteiger partial charge in [-0.1, -0.05) is 13.3 Å². The second kappa shape index (κ2) is 7.43. The van der Waals surface area contributed by atoms with E-state index in [1.54, 1.807) is 19.5 Å². The van der Waals surface area contributed by atoms with E-state index in [2.05, 4.69) is 22.2 Å². The van der Waals surface area contributed by atoms with Crippen LogP contribution in [0.4, 0.5) is 5.69 Å². The maximum absolute atomic E-state index is 5.80. The fourth-order valence-corrected chi connectivity index (χ4v) is 1.80. The molecule has 0 saturated heterocycles. The van der Waals surface area contributed by atoms with Crippen LogP contribution < -0.4 is 14.8 Å². The molecule has 0 aliphatic carbocycles. The molecule has 5 nitrogen and oxygen atoms in total. The van der Waals surface area contributed by atoms with Crippen molar-refractivity contribution in [3.8, 4) is 11.5 Å². The molecule has 0 atom stereocenters. The standard InChI is InChI=1S/C15H21N3O2/c1-3-4-9-20-14-6-5-12(19-2)10-13(14)18-11-15-16-7-8-17-15/h5-8,10,18H,3-4,9,11H2,1-2H3,(H,16,17). The van der Waals surface area contributed by atoms with E-state index in [1.807, 2.05) is 18.2 Å². The van der Waals surface area contributed by atoms with E-state index in [-0.39, 0.29) is 0 Å². The Bertz CT molecular complexity index is 512. The summed E-state index contributed by atoms with van der Waals surface area (Å²) in [4.78, 5) is 7.25. The van der Waals surface area contributed by atoms with Crippen LogP contribution >= 0.6 is 0 Å². The Morgan fingerprint density at radius 3 is 2.95 bits per heavy atom. The number of unbranched alkanes of at least 4 members (excludes halogenated alkanes) is 1. The molecule has 5 heteroatoms. The van der Waals surface area contributed by atoms with E-state index in [0.717, 1.165) is 42.5 Å². The lowest BCUT2D eigenvalue weighted by atomic mass is 10.2. The smallest absolute Gasteiger partial charge is 0.142 e. The van der Waals surface area contributed by atoms with Crippen molar-refractivity contribution in [2.75, 3.05) is 19.0 Å². The molecule has 0 unspecified atom stereocenters. The summed E-state index contributed by atoms with van der Waals surface area (Å²) in [6.45, 7) is 3.48. The average molecular weight is 275 g/mol. The third-order valence-electron chi connectivity index (χ3n) is 2.94. The van der Waals surface area contributed by atoms with Crippen molar-refractivity contribution >= 4 is 5.69 Å². The van der Waals surface area contributed by atoms with Crippen molar-refractivity contribution in [1.82, 2.24) is 9.97 Å². The molecule has 2 N–H and O–H groups in total. The zero-order valence-corrected chi connectivity index (χ0v) is 12.0. The maximum atomic E-state index is 5.80. The summed E-state index contributed by atoms with van der Waals surface area (Å²) >= 11 is 0. The summed E-state index contributed by atoms with van der Waals surface area (Å²) < 4.78 is 11.1. The van der Waals surface area contributed by atoms with E-state index >= 15 is 0 Å². The van der Waals surface area contributed by atoms with E-state index in [0.29, 0.717) is 6.54 Å². The maximum Gasteiger partial charge on any atom is 0.142 e. The average Bonchev–Trinajstić information content (AvgIpc) is 2.99. The van der Waals surface area contributed by atoms with Gasteiger partial charge in [0.2, 0.25) is 0 Å². The third kappa shape index (κ3) is 3.91. The predicted molar refractivity (Wildman–Crippen MR) is 79.3 cm³/mol. The highest BCUT2D eigenvalue weighted by Gasteiger charge is 2.06. The van der Waals surface area contributed by atoms with Gasteiger partial charge in [0.25, 0.3) is 0 Å². The minimum Gasteiger partial charge on any atom is -0.497 e. The minimum absolute atomic E-state index is 0.615. The van der Waals surface area contributed by atoms with E-state index in [9.17, 15) is 0 Å². The number of ether oxygens (including phenoxy) is 2. The molecule has 2 aromatic rings. The largest absolute Gasteiger partial charge is 0.497 e. The summed E-state index contributed by atoms with van der Waals surface area (Å²) in [6.07, 6.45) is 5.71. The zero-order chi connectivity index (χ0) is 14.2. The number of aromatic nitrogens is 2. The van der Waals surface area contributed by atoms with Gasteiger partial charge in [0, 0.05) is 18.5 Å². The quantitative estimate of drug-likeness (QED) is 0.726. The fourth-order valence-electron chi connectivity index (χ4n) is 1.80. The highest BCUT2D eigenvalue weighted by Crippen LogP contribution is 2.29. The summed E-state index contributed by atoms with van der Waals surface area (Å²) in [7, 11) is 1.66. The first kappa shape index (κ1) is 14.2. The number of aromatic amines is 1. The normalized spacial score (nSPS) is 10.3. The number of nitrogens with one attached hydrogen (secondary N) is 2. The van der Waals surface area contributed by atoms with Gasteiger partial charge in [-0.05, 0) is 18.6 Å². The molecule has 0 saturated carbocycles. The lowest BCUT2D eigenvalue weighted by Gasteiger charge is -2.14. The van der Waals surface area contributed by atoms with Crippen LogP contribution in [-0.2, 0) is 6.54 Å². The van der Waals surface area contributed by atoms with Gasteiger partial charge in [0.15, 0.2) is 0 Å². The van der Waals surface area contributed by atoms with Gasteiger partial charge < -0.3 is 19.8 Å². The second-order valence-corrected chi connectivity index (χ2v) is 4.45. The van der Waals surface area contributed by atoms with Crippen LogP contribution in [0.15, 0.2) is 30.6 Å². The van der Waals surface area contributed by atoms with Crippen molar-refractivity contribution in [2.45, 2.75) is 26.3 Å². The molecule has 0 bridgehead atoms. The van der Waals surface area contributed by atoms with E-state index < -0.39 is 0 Å². The van der Waals surface area contributed by atoms with Gasteiger partial charge in [-0.25, -0.2) is 4.98 Å². The molecule has 1 aromatic carbocycles. The van der Waals surface area contributed by atoms with Crippen molar-refractivity contribution in [3.05, 3.63) is 36.4 Å². The summed E-state index contributed by atoms with van der Waals surface area (Å²) in [5.41, 5.74) is 0.914. The van der Waals surface area contributed by atoms with Gasteiger partial charge in [-0.15, -0.1) is 0 Å². The molecule has 2 rings (SSSR count). The lowest BCUT2D eigenvalue weighted by Crippen LogP contribution is -2.05. The molecule has 0 aliphatic rings. The van der Waals surface area contributed by atoms with E-state index in [1.165, 1.54) is 0 Å². The first-order chi connectivity index (χ1) is 9.83. The number of nitrogens with zero attached hydrogens (tertiary/aromatic N) is 1. The topological polar surface area (TPSA) is 59.2 Å². The molecule has 20 heavy (non-hydrogen) atoms. The Labute approximate surface area is 119 Å². The first-order valence-corrected chi connectivity index (χ1v) is 6.86. The molecule has 0 radical (unpaired) electrons. The lowest BCUT2D eigenvalue weighted by molar-refractivity contribution is 0.310. The number of benzene rings is 1. The van der Waals surface area contributed by atoms with Gasteiger partial charge >= 0.3 is 0 Å². The van der Waals surface area contributed by atoms with Crippen LogP contribution in [0.25, 0.3) is 0 Å². The number of hydrogen-bond donors (Lipinski definition) is 2. The van der Waals surface area contributed by atoms with Crippen molar-refractivity contribution in [1.29, 1.82) is 0 Å². The minimum atomic E-state index is 0.615. The molecule has 1 heterocycles. The predicted octanol–water partition coefficient (Wildman–Crippen LogP) is 3.21. The molecular weight excluding hydrogens is 254 g/mol. The Kier molecular flexibility index (Phi) is 5.29. The molecule has 1 aromatic heterocycles. The summed E-state index contributed by atoms with van der Waals surface area (Å²) in [5.74, 6) is 2.52. The van der Waals surface area contributed by atoms with Crippen LogP contribution in [0.2, 0.25) is 0 Å². The molecule has 0 aliphatic heterocycles. The van der Waals surface area contributed by atoms with Gasteiger partial charge in [-0.3, -0.25) is 0 Å². The monoisotopic (exact) mass is 275 g/mol. The SMILES string of the molecule is CCCCOc1ccc(OC)cc1NCc1ncc[nH]1. The highest BCUT2D eigenvalue weighted by atomic mass is 16.5. The van der Waals surface area contributed by atoms with Gasteiger partial charge in [0.1, 0.15) is 17.3 Å². The van der Waals surface area contributed by atoms with Crippen LogP contribution in [-0.4, -0.2) is 23.7 Å². The Balaban J connectivity index is 2.05. The highest BCUT2D eigenvalue weighted by molar-refractivity contribution is 5.59. The molecule has 0 amide bonds. The number of methoxy groups -OCH3 is 1. The molecular formula is C15H21N3O2. The van der Waals surface area contributed by atoms with E-state index in [4.69, 9.17) is 9.47 Å². The van der Waals surface area contributed by atoms with Crippen molar-refractivity contribution in [2.24, 2.45) is 0 Å². The summed E-state index contributed by atoms with van der Waals surface area (Å²) in [5, 5.41) is 3.32. The van der Waals surface area contributed by atoms with Crippen molar-refractivity contribution < 1.29 is 9.47 Å². The van der Waals surface area contributed by atoms with Crippen LogP contribution in [0, 0.1) is 0 Å². The second-order valence-electron chi connectivity index (χ2n) is 4.45. The van der Waals surface area contributed by atoms with Crippen LogP contribution in [0.3, 0.4) is 0 Å². The van der Waals surface area contributed by atoms with Crippen molar-refractivity contribution in [3.63, 3.8) is 0 Å². The zero-order valence-electron chi connectivity index (χ0n) is 12.0. The Morgan fingerprint density at radius 1 is 1.35 bits per heavy atom. The van der Waals surface area contributed by atoms with Gasteiger partial charge in [-0.2, -0.15) is 0 Å². The summed E-state index contributed by atoms with van der Waals surface area (Å²) in [6, 6.07) is 5.77. The molecule has 0 fully saturated rings. The fraction of sp³-hybridized carbons (Fsp3) is 0.400. The number of anilines is 1. The first-order valence-electron chi connectivity index (χ1n) is 6.86. The van der Waals surface area contributed by atoms with Crippen LogP contribution in [0.5, 0.6) is 11.5 Å². The third-order valence-corrected chi connectivity index (χ3v) is 2.94. The molecule has 108 valence electrons. The number of imidazole rings is 1. The number of hydrogen-bond acceptors (Lipinski definition) is 4. The van der Waals surface area contributed by atoms with Crippen LogP contribution in [0.1, 0.15) is 25.6 Å². The number of rotatable bonds is 8. The Hall–Kier alpha value is -2.17.